The molecule has 0 saturated carbocycles. The Labute approximate surface area is 193 Å². The van der Waals surface area contributed by atoms with E-state index in [2.05, 4.69) is 21.0 Å². The van der Waals surface area contributed by atoms with E-state index < -0.39 is 6.17 Å². The van der Waals surface area contributed by atoms with E-state index in [-0.39, 0.29) is 17.9 Å². The van der Waals surface area contributed by atoms with Crippen molar-refractivity contribution in [3.05, 3.63) is 59.2 Å². The first-order valence-electron chi connectivity index (χ1n) is 11.4. The molecule has 0 aliphatic carbocycles. The third kappa shape index (κ3) is 5.22. The van der Waals surface area contributed by atoms with Crippen molar-refractivity contribution < 1.29 is 9.59 Å². The molecule has 2 aromatic carbocycles. The molecule has 0 radical (unpaired) electrons. The molecule has 33 heavy (non-hydrogen) atoms. The Balaban J connectivity index is 1.63. The molecule has 0 bridgehead atoms. The smallest absolute Gasteiger partial charge is 0.253 e. The molecule has 2 heterocycles. The molecular formula is C25H30N6O2. The number of carbonyl (C=O) groups excluding carboxylic acids is 2. The van der Waals surface area contributed by atoms with Crippen LogP contribution in [0, 0.1) is 0 Å². The predicted molar refractivity (Wildman–Crippen MR) is 129 cm³/mol. The van der Waals surface area contributed by atoms with Crippen LogP contribution < -0.4 is 16.5 Å². The number of fused-ring (bicyclic) bond motifs is 1. The average Bonchev–Trinajstić information content (AvgIpc) is 3.27. The second-order valence-electron chi connectivity index (χ2n) is 8.77. The van der Waals surface area contributed by atoms with Gasteiger partial charge >= 0.3 is 0 Å². The summed E-state index contributed by atoms with van der Waals surface area (Å²) >= 11 is 0. The Morgan fingerprint density at radius 3 is 2.45 bits per heavy atom. The number of nitrogens with one attached hydrogen (secondary N) is 2. The van der Waals surface area contributed by atoms with Gasteiger partial charge in [-0.05, 0) is 73.7 Å². The molecule has 4 rings (SSSR count). The minimum Gasteiger partial charge on any atom is -0.361 e. The normalized spacial score (nSPS) is 18.0. The molecule has 4 N–H and O–H groups in total. The van der Waals surface area contributed by atoms with Crippen LogP contribution in [0.2, 0.25) is 0 Å². The first-order chi connectivity index (χ1) is 15.9. The topological polar surface area (TPSA) is 112 Å². The second kappa shape index (κ2) is 9.85. The largest absolute Gasteiger partial charge is 0.361 e. The SMILES string of the molecule is CC(C)NC(=O)C1=Cc2cc(-c3ccc(C(=O)N4CCCC4)cc3)ccc2NC(N=NN)C1. The zero-order valence-electron chi connectivity index (χ0n) is 19.0. The summed E-state index contributed by atoms with van der Waals surface area (Å²) in [6.07, 6.45) is 3.98. The number of likely N-dealkylation sites (tertiary alicyclic amines) is 1. The van der Waals surface area contributed by atoms with Gasteiger partial charge in [0.05, 0.1) is 0 Å². The zero-order chi connectivity index (χ0) is 23.4. The maximum atomic E-state index is 12.7. The van der Waals surface area contributed by atoms with Crippen LogP contribution in [0.5, 0.6) is 0 Å². The number of carbonyl (C=O) groups is 2. The van der Waals surface area contributed by atoms with Crippen LogP contribution in [0.15, 0.2) is 58.4 Å². The number of hydrogen-bond acceptors (Lipinski definition) is 5. The lowest BCUT2D eigenvalue weighted by atomic mass is 9.99. The van der Waals surface area contributed by atoms with Crippen molar-refractivity contribution in [1.82, 2.24) is 10.2 Å². The lowest BCUT2D eigenvalue weighted by Gasteiger charge is -2.16. The molecule has 2 aliphatic heterocycles. The van der Waals surface area contributed by atoms with Crippen molar-refractivity contribution in [2.75, 3.05) is 18.4 Å². The first kappa shape index (κ1) is 22.5. The van der Waals surface area contributed by atoms with Crippen LogP contribution in [-0.2, 0) is 4.79 Å². The summed E-state index contributed by atoms with van der Waals surface area (Å²) < 4.78 is 0. The fourth-order valence-electron chi connectivity index (χ4n) is 4.25. The van der Waals surface area contributed by atoms with Crippen LogP contribution in [0.3, 0.4) is 0 Å². The molecule has 1 fully saturated rings. The van der Waals surface area contributed by atoms with Crippen LogP contribution in [-0.4, -0.2) is 42.0 Å². The van der Waals surface area contributed by atoms with Gasteiger partial charge in [-0.15, -0.1) is 5.11 Å². The number of nitrogens with two attached hydrogens (primary N) is 1. The molecule has 8 nitrogen and oxygen atoms in total. The standard InChI is InChI=1S/C25H30N6O2/c1-16(2)27-24(32)21-14-20-13-19(9-10-22(20)28-23(15-21)29-30-26)17-5-7-18(8-6-17)25(33)31-11-3-4-12-31/h5-10,13-14,16,23,28H,3-4,11-12,15H2,1-2H3,(H2,26,29)(H,27,32). The third-order valence-electron chi connectivity index (χ3n) is 5.89. The maximum Gasteiger partial charge on any atom is 0.253 e. The Morgan fingerprint density at radius 1 is 1.09 bits per heavy atom. The summed E-state index contributed by atoms with van der Waals surface area (Å²) in [5.74, 6) is 5.24. The number of rotatable bonds is 5. The highest BCUT2D eigenvalue weighted by Gasteiger charge is 2.22. The van der Waals surface area contributed by atoms with Gasteiger partial charge in [-0.3, -0.25) is 9.59 Å². The Hall–Kier alpha value is -3.68. The van der Waals surface area contributed by atoms with Crippen molar-refractivity contribution in [1.29, 1.82) is 0 Å². The molecule has 1 unspecified atom stereocenters. The molecule has 2 aromatic rings. The summed E-state index contributed by atoms with van der Waals surface area (Å²) in [5, 5.41) is 13.7. The highest BCUT2D eigenvalue weighted by atomic mass is 16.2. The van der Waals surface area contributed by atoms with Crippen LogP contribution in [0.1, 0.15) is 49.0 Å². The summed E-state index contributed by atoms with van der Waals surface area (Å²) in [5.41, 5.74) is 5.04. The highest BCUT2D eigenvalue weighted by Crippen LogP contribution is 2.31. The Kier molecular flexibility index (Phi) is 6.72. The predicted octanol–water partition coefficient (Wildman–Crippen LogP) is 3.97. The number of anilines is 1. The lowest BCUT2D eigenvalue weighted by molar-refractivity contribution is -0.118. The first-order valence-corrected chi connectivity index (χ1v) is 11.4. The monoisotopic (exact) mass is 446 g/mol. The van der Waals surface area contributed by atoms with E-state index in [1.807, 2.05) is 67.3 Å². The fraction of sp³-hybridized carbons (Fsp3) is 0.360. The molecule has 0 aromatic heterocycles. The fourth-order valence-corrected chi connectivity index (χ4v) is 4.25. The minimum absolute atomic E-state index is 0.0248. The molecule has 0 spiro atoms. The summed E-state index contributed by atoms with van der Waals surface area (Å²) in [7, 11) is 0. The van der Waals surface area contributed by atoms with Gasteiger partial charge < -0.3 is 21.4 Å². The van der Waals surface area contributed by atoms with Crippen molar-refractivity contribution in [2.24, 2.45) is 16.2 Å². The summed E-state index contributed by atoms with van der Waals surface area (Å²) in [4.78, 5) is 27.3. The van der Waals surface area contributed by atoms with E-state index in [4.69, 9.17) is 5.84 Å². The Bertz CT molecular complexity index is 1080. The molecular weight excluding hydrogens is 416 g/mol. The van der Waals surface area contributed by atoms with Gasteiger partial charge in [0.1, 0.15) is 6.17 Å². The van der Waals surface area contributed by atoms with E-state index >= 15 is 0 Å². The van der Waals surface area contributed by atoms with Gasteiger partial charge in [-0.25, -0.2) is 0 Å². The van der Waals surface area contributed by atoms with E-state index in [1.165, 1.54) is 0 Å². The lowest BCUT2D eigenvalue weighted by Crippen LogP contribution is -2.32. The van der Waals surface area contributed by atoms with Gasteiger partial charge in [0.15, 0.2) is 0 Å². The van der Waals surface area contributed by atoms with Gasteiger partial charge in [-0.1, -0.05) is 23.4 Å². The van der Waals surface area contributed by atoms with Crippen LogP contribution in [0.4, 0.5) is 5.69 Å². The minimum atomic E-state index is -0.429. The van der Waals surface area contributed by atoms with Gasteiger partial charge in [0.2, 0.25) is 5.91 Å². The molecule has 172 valence electrons. The van der Waals surface area contributed by atoms with E-state index in [0.717, 1.165) is 48.3 Å². The summed E-state index contributed by atoms with van der Waals surface area (Å²) in [6, 6.07) is 13.7. The number of nitrogens with zero attached hydrogens (tertiary/aromatic N) is 3. The van der Waals surface area contributed by atoms with Crippen molar-refractivity contribution in [3.63, 3.8) is 0 Å². The highest BCUT2D eigenvalue weighted by molar-refractivity contribution is 6.00. The van der Waals surface area contributed by atoms with Gasteiger partial charge in [-0.2, -0.15) is 0 Å². The molecule has 8 heteroatoms. The van der Waals surface area contributed by atoms with Crippen molar-refractivity contribution in [3.8, 4) is 11.1 Å². The van der Waals surface area contributed by atoms with Crippen LogP contribution >= 0.6 is 0 Å². The Morgan fingerprint density at radius 2 is 1.79 bits per heavy atom. The second-order valence-corrected chi connectivity index (χ2v) is 8.77. The number of benzene rings is 2. The number of amides is 2. The zero-order valence-corrected chi connectivity index (χ0v) is 19.0. The molecule has 1 atom stereocenters. The molecule has 1 saturated heterocycles. The van der Waals surface area contributed by atoms with E-state index in [1.54, 1.807) is 0 Å². The van der Waals surface area contributed by atoms with E-state index in [9.17, 15) is 9.59 Å². The van der Waals surface area contributed by atoms with Crippen molar-refractivity contribution in [2.45, 2.75) is 45.3 Å². The maximum absolute atomic E-state index is 12.7. The van der Waals surface area contributed by atoms with Crippen molar-refractivity contribution >= 4 is 23.6 Å². The van der Waals surface area contributed by atoms with E-state index in [0.29, 0.717) is 17.6 Å². The summed E-state index contributed by atoms with van der Waals surface area (Å²) in [6.45, 7) is 5.52. The third-order valence-corrected chi connectivity index (χ3v) is 5.89. The average molecular weight is 447 g/mol. The number of hydrogen-bond donors (Lipinski definition) is 3. The van der Waals surface area contributed by atoms with Crippen LogP contribution in [0.25, 0.3) is 17.2 Å². The van der Waals surface area contributed by atoms with Gasteiger partial charge in [0, 0.05) is 42.4 Å². The quantitative estimate of drug-likeness (QED) is 0.366. The van der Waals surface area contributed by atoms with Gasteiger partial charge in [0.25, 0.3) is 5.91 Å². The molecule has 2 aliphatic rings. The molecule has 2 amide bonds.